The van der Waals surface area contributed by atoms with Crippen molar-refractivity contribution in [3.05, 3.63) is 29.3 Å². The first-order valence-electron chi connectivity index (χ1n) is 6.09. The van der Waals surface area contributed by atoms with E-state index >= 15 is 0 Å². The van der Waals surface area contributed by atoms with Gasteiger partial charge in [-0.15, -0.1) is 0 Å². The molecule has 1 aromatic rings. The SMILES string of the molecule is O=C=Nc1ccc(CN2CCOCC2)c(C(F)(F)F)c1. The van der Waals surface area contributed by atoms with Crippen LogP contribution in [0.1, 0.15) is 11.1 Å². The van der Waals surface area contributed by atoms with Gasteiger partial charge in [-0.3, -0.25) is 4.90 Å². The third kappa shape index (κ3) is 3.66. The summed E-state index contributed by atoms with van der Waals surface area (Å²) < 4.78 is 44.3. The lowest BCUT2D eigenvalue weighted by atomic mass is 10.1. The Morgan fingerprint density at radius 2 is 2.00 bits per heavy atom. The molecular formula is C13H13F3N2O2. The smallest absolute Gasteiger partial charge is 0.379 e. The number of hydrogen-bond donors (Lipinski definition) is 0. The highest BCUT2D eigenvalue weighted by molar-refractivity contribution is 5.52. The van der Waals surface area contributed by atoms with Gasteiger partial charge in [0, 0.05) is 19.6 Å². The fraction of sp³-hybridized carbons (Fsp3) is 0.462. The van der Waals surface area contributed by atoms with Gasteiger partial charge in [-0.05, 0) is 17.7 Å². The van der Waals surface area contributed by atoms with Crippen LogP contribution in [0.15, 0.2) is 23.2 Å². The number of alkyl halides is 3. The Kier molecular flexibility index (Phi) is 4.54. The van der Waals surface area contributed by atoms with Crippen LogP contribution in [0.4, 0.5) is 18.9 Å². The van der Waals surface area contributed by atoms with Crippen molar-refractivity contribution in [2.45, 2.75) is 12.7 Å². The van der Waals surface area contributed by atoms with E-state index in [1.807, 2.05) is 4.90 Å². The Morgan fingerprint density at radius 3 is 2.60 bits per heavy atom. The van der Waals surface area contributed by atoms with Crippen molar-refractivity contribution in [2.75, 3.05) is 26.3 Å². The molecule has 0 atom stereocenters. The van der Waals surface area contributed by atoms with Crippen LogP contribution in [0.3, 0.4) is 0 Å². The number of benzene rings is 1. The van der Waals surface area contributed by atoms with Crippen molar-refractivity contribution in [1.29, 1.82) is 0 Å². The standard InChI is InChI=1S/C13H13F3N2O2/c14-13(15,16)12-7-11(17-9-19)2-1-10(12)8-18-3-5-20-6-4-18/h1-2,7H,3-6,8H2. The number of rotatable bonds is 3. The maximum Gasteiger partial charge on any atom is 0.416 e. The molecule has 2 rings (SSSR count). The molecule has 1 heterocycles. The summed E-state index contributed by atoms with van der Waals surface area (Å²) in [6, 6.07) is 3.62. The fourth-order valence-electron chi connectivity index (χ4n) is 2.09. The minimum atomic E-state index is -4.48. The van der Waals surface area contributed by atoms with Crippen molar-refractivity contribution < 1.29 is 22.7 Å². The number of halogens is 3. The number of isocyanates is 1. The lowest BCUT2D eigenvalue weighted by molar-refractivity contribution is -0.138. The molecule has 1 fully saturated rings. The molecule has 1 saturated heterocycles. The Labute approximate surface area is 113 Å². The Hall–Kier alpha value is -1.69. The summed E-state index contributed by atoms with van der Waals surface area (Å²) in [5.74, 6) is 0. The normalized spacial score (nSPS) is 16.8. The highest BCUT2D eigenvalue weighted by atomic mass is 19.4. The van der Waals surface area contributed by atoms with Crippen molar-refractivity contribution in [1.82, 2.24) is 4.90 Å². The van der Waals surface area contributed by atoms with Gasteiger partial charge in [-0.2, -0.15) is 18.2 Å². The van der Waals surface area contributed by atoms with Gasteiger partial charge < -0.3 is 4.74 Å². The monoisotopic (exact) mass is 286 g/mol. The molecule has 0 amide bonds. The molecular weight excluding hydrogens is 273 g/mol. The number of carbonyl (C=O) groups excluding carboxylic acids is 1. The van der Waals surface area contributed by atoms with E-state index in [2.05, 4.69) is 4.99 Å². The predicted octanol–water partition coefficient (Wildman–Crippen LogP) is 2.50. The first-order valence-corrected chi connectivity index (χ1v) is 6.09. The first kappa shape index (κ1) is 14.7. The van der Waals surface area contributed by atoms with Gasteiger partial charge in [-0.25, -0.2) is 4.79 Å². The first-order chi connectivity index (χ1) is 9.50. The summed E-state index contributed by atoms with van der Waals surface area (Å²) in [5.41, 5.74) is -0.636. The summed E-state index contributed by atoms with van der Waals surface area (Å²) in [5, 5.41) is 0. The van der Waals surface area contributed by atoms with Gasteiger partial charge in [0.15, 0.2) is 0 Å². The molecule has 0 bridgehead atoms. The molecule has 4 nitrogen and oxygen atoms in total. The fourth-order valence-corrected chi connectivity index (χ4v) is 2.09. The van der Waals surface area contributed by atoms with E-state index in [9.17, 15) is 18.0 Å². The van der Waals surface area contributed by atoms with Crippen LogP contribution in [0.2, 0.25) is 0 Å². The lowest BCUT2D eigenvalue weighted by Crippen LogP contribution is -2.36. The maximum atomic E-state index is 13.0. The quantitative estimate of drug-likeness (QED) is 0.633. The van der Waals surface area contributed by atoms with E-state index in [1.165, 1.54) is 18.2 Å². The molecule has 0 spiro atoms. The van der Waals surface area contributed by atoms with Gasteiger partial charge in [0.05, 0.1) is 24.5 Å². The molecule has 1 aromatic carbocycles. The largest absolute Gasteiger partial charge is 0.416 e. The van der Waals surface area contributed by atoms with Crippen LogP contribution in [0, 0.1) is 0 Å². The number of nitrogens with zero attached hydrogens (tertiary/aromatic N) is 2. The van der Waals surface area contributed by atoms with Crippen LogP contribution in [-0.2, 0) is 22.3 Å². The molecule has 20 heavy (non-hydrogen) atoms. The minimum Gasteiger partial charge on any atom is -0.379 e. The second kappa shape index (κ2) is 6.17. The molecule has 0 aromatic heterocycles. The Bertz CT molecular complexity index is 519. The second-order valence-electron chi connectivity index (χ2n) is 4.43. The molecule has 0 N–H and O–H groups in total. The third-order valence-electron chi connectivity index (χ3n) is 3.07. The van der Waals surface area contributed by atoms with Gasteiger partial charge in [0.25, 0.3) is 0 Å². The summed E-state index contributed by atoms with van der Waals surface area (Å²) in [7, 11) is 0. The zero-order valence-electron chi connectivity index (χ0n) is 10.6. The number of ether oxygens (including phenoxy) is 1. The average molecular weight is 286 g/mol. The molecule has 0 aliphatic carbocycles. The van der Waals surface area contributed by atoms with Crippen LogP contribution < -0.4 is 0 Å². The van der Waals surface area contributed by atoms with E-state index < -0.39 is 11.7 Å². The lowest BCUT2D eigenvalue weighted by Gasteiger charge is -2.27. The molecule has 1 aliphatic heterocycles. The minimum absolute atomic E-state index is 0.0435. The van der Waals surface area contributed by atoms with Crippen molar-refractivity contribution in [3.63, 3.8) is 0 Å². The van der Waals surface area contributed by atoms with Crippen molar-refractivity contribution >= 4 is 11.8 Å². The summed E-state index contributed by atoms with van der Waals surface area (Å²) in [6.45, 7) is 2.45. The van der Waals surface area contributed by atoms with Gasteiger partial charge in [0.2, 0.25) is 6.08 Å². The molecule has 0 unspecified atom stereocenters. The topological polar surface area (TPSA) is 41.9 Å². The van der Waals surface area contributed by atoms with Crippen molar-refractivity contribution in [2.24, 2.45) is 4.99 Å². The number of hydrogen-bond acceptors (Lipinski definition) is 4. The van der Waals surface area contributed by atoms with E-state index in [0.29, 0.717) is 26.3 Å². The average Bonchev–Trinajstić information content (AvgIpc) is 2.41. The Morgan fingerprint density at radius 1 is 1.30 bits per heavy atom. The summed E-state index contributed by atoms with van der Waals surface area (Å²) >= 11 is 0. The summed E-state index contributed by atoms with van der Waals surface area (Å²) in [4.78, 5) is 15.3. The highest BCUT2D eigenvalue weighted by Crippen LogP contribution is 2.35. The molecule has 7 heteroatoms. The van der Waals surface area contributed by atoms with Crippen LogP contribution >= 0.6 is 0 Å². The molecule has 108 valence electrons. The predicted molar refractivity (Wildman–Crippen MR) is 65.3 cm³/mol. The molecule has 0 saturated carbocycles. The van der Waals surface area contributed by atoms with E-state index in [-0.39, 0.29) is 17.8 Å². The van der Waals surface area contributed by atoms with Crippen LogP contribution in [-0.4, -0.2) is 37.3 Å². The third-order valence-corrected chi connectivity index (χ3v) is 3.07. The number of aliphatic imine (C=N–C) groups is 1. The highest BCUT2D eigenvalue weighted by Gasteiger charge is 2.34. The van der Waals surface area contributed by atoms with E-state index in [1.54, 1.807) is 0 Å². The number of morpholine rings is 1. The molecule has 1 aliphatic rings. The Balaban J connectivity index is 2.28. The van der Waals surface area contributed by atoms with Gasteiger partial charge in [0.1, 0.15) is 0 Å². The van der Waals surface area contributed by atoms with E-state index in [4.69, 9.17) is 4.74 Å². The van der Waals surface area contributed by atoms with Gasteiger partial charge >= 0.3 is 6.18 Å². The van der Waals surface area contributed by atoms with Crippen molar-refractivity contribution in [3.8, 4) is 0 Å². The zero-order chi connectivity index (χ0) is 14.6. The maximum absolute atomic E-state index is 13.0. The second-order valence-corrected chi connectivity index (χ2v) is 4.43. The zero-order valence-corrected chi connectivity index (χ0v) is 10.6. The van der Waals surface area contributed by atoms with Gasteiger partial charge in [-0.1, -0.05) is 6.07 Å². The van der Waals surface area contributed by atoms with E-state index in [0.717, 1.165) is 6.07 Å². The van der Waals surface area contributed by atoms with Crippen LogP contribution in [0.5, 0.6) is 0 Å². The summed E-state index contributed by atoms with van der Waals surface area (Å²) in [6.07, 6.45) is -3.23. The molecule has 0 radical (unpaired) electrons. The van der Waals surface area contributed by atoms with Crippen LogP contribution in [0.25, 0.3) is 0 Å².